The Labute approximate surface area is 147 Å². The quantitative estimate of drug-likeness (QED) is 0.775. The third-order valence-electron chi connectivity index (χ3n) is 4.55. The average molecular weight is 337 g/mol. The van der Waals surface area contributed by atoms with Crippen molar-refractivity contribution >= 4 is 10.9 Å². The van der Waals surface area contributed by atoms with Crippen LogP contribution in [0.15, 0.2) is 42.6 Å². The van der Waals surface area contributed by atoms with Crippen molar-refractivity contribution in [1.82, 2.24) is 14.9 Å². The summed E-state index contributed by atoms with van der Waals surface area (Å²) in [6.45, 7) is 7.14. The molecule has 3 heterocycles. The van der Waals surface area contributed by atoms with Crippen LogP contribution in [0.25, 0.3) is 22.2 Å². The van der Waals surface area contributed by atoms with E-state index in [1.54, 1.807) is 0 Å². The van der Waals surface area contributed by atoms with Gasteiger partial charge in [-0.1, -0.05) is 24.3 Å². The van der Waals surface area contributed by atoms with Crippen LogP contribution in [0.1, 0.15) is 12.5 Å². The summed E-state index contributed by atoms with van der Waals surface area (Å²) in [7, 11) is 0. The molecule has 0 aliphatic carbocycles. The molecule has 0 atom stereocenters. The molecule has 3 aromatic rings. The molecule has 1 fully saturated rings. The number of aromatic amines is 1. The Kier molecular flexibility index (Phi) is 4.68. The predicted molar refractivity (Wildman–Crippen MR) is 98.8 cm³/mol. The number of nitrogens with one attached hydrogen (secondary N) is 1. The summed E-state index contributed by atoms with van der Waals surface area (Å²) < 4.78 is 11.2. The van der Waals surface area contributed by atoms with Gasteiger partial charge in [0.2, 0.25) is 5.88 Å². The minimum Gasteiger partial charge on any atom is -0.479 e. The lowest BCUT2D eigenvalue weighted by molar-refractivity contribution is 0.0341. The van der Waals surface area contributed by atoms with Crippen LogP contribution < -0.4 is 4.74 Å². The highest BCUT2D eigenvalue weighted by Gasteiger charge is 2.16. The van der Waals surface area contributed by atoms with Crippen LogP contribution in [0, 0.1) is 0 Å². The van der Waals surface area contributed by atoms with Crippen molar-refractivity contribution in [3.63, 3.8) is 0 Å². The topological polar surface area (TPSA) is 50.4 Å². The zero-order chi connectivity index (χ0) is 17.1. The third-order valence-corrected chi connectivity index (χ3v) is 4.55. The van der Waals surface area contributed by atoms with Gasteiger partial charge in [0.15, 0.2) is 0 Å². The summed E-state index contributed by atoms with van der Waals surface area (Å²) in [4.78, 5) is 10.5. The van der Waals surface area contributed by atoms with Crippen LogP contribution >= 0.6 is 0 Å². The second-order valence-corrected chi connectivity index (χ2v) is 6.25. The summed E-state index contributed by atoms with van der Waals surface area (Å²) in [5.74, 6) is 0.789. The van der Waals surface area contributed by atoms with Gasteiger partial charge in [-0.2, -0.15) is 0 Å². The highest BCUT2D eigenvalue weighted by molar-refractivity contribution is 5.98. The van der Waals surface area contributed by atoms with Gasteiger partial charge in [-0.15, -0.1) is 0 Å². The van der Waals surface area contributed by atoms with Gasteiger partial charge in [0.05, 0.1) is 31.1 Å². The maximum Gasteiger partial charge on any atom is 0.201 e. The third kappa shape index (κ3) is 3.38. The minimum absolute atomic E-state index is 0.620. The van der Waals surface area contributed by atoms with Gasteiger partial charge < -0.3 is 14.5 Å². The number of benzene rings is 1. The monoisotopic (exact) mass is 337 g/mol. The summed E-state index contributed by atoms with van der Waals surface area (Å²) in [5, 5.41) is 1.14. The van der Waals surface area contributed by atoms with Gasteiger partial charge in [-0.05, 0) is 24.6 Å². The first-order chi connectivity index (χ1) is 12.3. The largest absolute Gasteiger partial charge is 0.479 e. The lowest BCUT2D eigenvalue weighted by Gasteiger charge is -2.26. The lowest BCUT2D eigenvalue weighted by Crippen LogP contribution is -2.35. The number of morpholine rings is 1. The van der Waals surface area contributed by atoms with E-state index in [1.807, 2.05) is 25.3 Å². The van der Waals surface area contributed by atoms with E-state index in [0.29, 0.717) is 6.61 Å². The molecule has 25 heavy (non-hydrogen) atoms. The first kappa shape index (κ1) is 16.1. The summed E-state index contributed by atoms with van der Waals surface area (Å²) in [6.07, 6.45) is 1.97. The molecule has 1 aromatic carbocycles. The fourth-order valence-electron chi connectivity index (χ4n) is 3.31. The Bertz CT molecular complexity index is 836. The van der Waals surface area contributed by atoms with Crippen molar-refractivity contribution < 1.29 is 9.47 Å². The van der Waals surface area contributed by atoms with Crippen LogP contribution in [-0.2, 0) is 11.3 Å². The number of ether oxygens (including phenoxy) is 2. The number of nitrogens with zero attached hydrogens (tertiary/aromatic N) is 2. The molecule has 2 aromatic heterocycles. The number of hydrogen-bond donors (Lipinski definition) is 1. The van der Waals surface area contributed by atoms with Crippen LogP contribution in [-0.4, -0.2) is 47.8 Å². The maximum absolute atomic E-state index is 5.81. The number of rotatable bonds is 5. The molecular formula is C20H23N3O2. The first-order valence-corrected chi connectivity index (χ1v) is 8.84. The lowest BCUT2D eigenvalue weighted by atomic mass is 10.1. The number of para-hydroxylation sites is 1. The van der Waals surface area contributed by atoms with E-state index < -0.39 is 0 Å². The summed E-state index contributed by atoms with van der Waals surface area (Å²) >= 11 is 0. The van der Waals surface area contributed by atoms with Gasteiger partial charge in [-0.25, -0.2) is 0 Å². The van der Waals surface area contributed by atoms with E-state index in [0.717, 1.165) is 60.9 Å². The molecular weight excluding hydrogens is 314 g/mol. The van der Waals surface area contributed by atoms with Crippen molar-refractivity contribution in [3.05, 3.63) is 48.2 Å². The van der Waals surface area contributed by atoms with Gasteiger partial charge in [-0.3, -0.25) is 9.88 Å². The van der Waals surface area contributed by atoms with Crippen molar-refractivity contribution in [2.75, 3.05) is 32.9 Å². The molecule has 1 saturated heterocycles. The van der Waals surface area contributed by atoms with Crippen molar-refractivity contribution in [1.29, 1.82) is 0 Å². The van der Waals surface area contributed by atoms with Crippen LogP contribution in [0.4, 0.5) is 0 Å². The highest BCUT2D eigenvalue weighted by Crippen LogP contribution is 2.36. The molecule has 1 aliphatic heterocycles. The minimum atomic E-state index is 0.620. The predicted octanol–water partition coefficient (Wildman–Crippen LogP) is 3.46. The van der Waals surface area contributed by atoms with Crippen molar-refractivity contribution in [2.24, 2.45) is 0 Å². The van der Waals surface area contributed by atoms with E-state index >= 15 is 0 Å². The van der Waals surface area contributed by atoms with E-state index in [-0.39, 0.29) is 0 Å². The second-order valence-electron chi connectivity index (χ2n) is 6.25. The van der Waals surface area contributed by atoms with E-state index in [4.69, 9.17) is 14.5 Å². The molecule has 0 bridgehead atoms. The molecule has 0 radical (unpaired) electrons. The molecule has 0 saturated carbocycles. The molecule has 130 valence electrons. The fraction of sp³-hybridized carbons (Fsp3) is 0.350. The van der Waals surface area contributed by atoms with E-state index in [9.17, 15) is 0 Å². The first-order valence-electron chi connectivity index (χ1n) is 8.84. The Hall–Kier alpha value is -2.37. The van der Waals surface area contributed by atoms with Crippen molar-refractivity contribution in [2.45, 2.75) is 13.5 Å². The second kappa shape index (κ2) is 7.25. The zero-order valence-corrected chi connectivity index (χ0v) is 14.5. The van der Waals surface area contributed by atoms with Crippen molar-refractivity contribution in [3.8, 4) is 17.1 Å². The SMILES string of the molecule is CCOc1[nH]c2ccccc2c1-c1ccc(CN2CCOCC2)cn1. The zero-order valence-electron chi connectivity index (χ0n) is 14.5. The number of aromatic nitrogens is 2. The smallest absolute Gasteiger partial charge is 0.201 e. The standard InChI is InChI=1S/C20H23N3O2/c1-2-25-20-19(16-5-3-4-6-17(16)22-20)18-8-7-15(13-21-18)14-23-9-11-24-12-10-23/h3-8,13,22H,2,9-12,14H2,1H3. The molecule has 4 rings (SSSR count). The average Bonchev–Trinajstić information content (AvgIpc) is 3.02. The number of fused-ring (bicyclic) bond motifs is 1. The van der Waals surface area contributed by atoms with Gasteiger partial charge in [0.1, 0.15) is 0 Å². The molecule has 1 N–H and O–H groups in total. The Morgan fingerprint density at radius 3 is 2.76 bits per heavy atom. The Balaban J connectivity index is 1.63. The molecule has 5 nitrogen and oxygen atoms in total. The maximum atomic E-state index is 5.81. The molecule has 0 amide bonds. The van der Waals surface area contributed by atoms with Gasteiger partial charge >= 0.3 is 0 Å². The normalized spacial score (nSPS) is 15.6. The molecule has 0 spiro atoms. The number of pyridine rings is 1. The van der Waals surface area contributed by atoms with E-state index in [2.05, 4.69) is 34.1 Å². The van der Waals surface area contributed by atoms with Gasteiger partial charge in [0, 0.05) is 36.7 Å². The number of H-pyrrole nitrogens is 1. The Morgan fingerprint density at radius 1 is 1.16 bits per heavy atom. The molecule has 1 aliphatic rings. The fourth-order valence-corrected chi connectivity index (χ4v) is 3.31. The van der Waals surface area contributed by atoms with Crippen LogP contribution in [0.3, 0.4) is 0 Å². The van der Waals surface area contributed by atoms with Gasteiger partial charge in [0.25, 0.3) is 0 Å². The summed E-state index contributed by atoms with van der Waals surface area (Å²) in [5.41, 5.74) is 4.27. The Morgan fingerprint density at radius 2 is 2.00 bits per heavy atom. The molecule has 0 unspecified atom stereocenters. The van der Waals surface area contributed by atoms with E-state index in [1.165, 1.54) is 5.56 Å². The number of hydrogen-bond acceptors (Lipinski definition) is 4. The van der Waals surface area contributed by atoms with Crippen LogP contribution in [0.5, 0.6) is 5.88 Å². The summed E-state index contributed by atoms with van der Waals surface area (Å²) in [6, 6.07) is 12.5. The highest BCUT2D eigenvalue weighted by atomic mass is 16.5. The van der Waals surface area contributed by atoms with Crippen LogP contribution in [0.2, 0.25) is 0 Å². The molecule has 5 heteroatoms.